The highest BCUT2D eigenvalue weighted by molar-refractivity contribution is 5.99. The minimum Gasteiger partial charge on any atom is -0.496 e. The summed E-state index contributed by atoms with van der Waals surface area (Å²) in [5, 5.41) is 6.41. The predicted octanol–water partition coefficient (Wildman–Crippen LogP) is 3.74. The van der Waals surface area contributed by atoms with Gasteiger partial charge in [0.05, 0.1) is 42.1 Å². The zero-order valence-corrected chi connectivity index (χ0v) is 20.7. The molecule has 14 heteroatoms. The van der Waals surface area contributed by atoms with Gasteiger partial charge < -0.3 is 20.7 Å². The molecule has 0 saturated carbocycles. The average molecular weight is 560 g/mol. The van der Waals surface area contributed by atoms with E-state index in [-0.39, 0.29) is 47.0 Å². The summed E-state index contributed by atoms with van der Waals surface area (Å²) in [6, 6.07) is 9.07. The number of nitrogen functional groups attached to an aromatic ring is 1. The van der Waals surface area contributed by atoms with Crippen LogP contribution in [0.2, 0.25) is 0 Å². The number of carbonyl (C=O) groups is 2. The molecule has 0 spiro atoms. The lowest BCUT2D eigenvalue weighted by atomic mass is 10.1. The number of ether oxygens (including phenoxy) is 1. The van der Waals surface area contributed by atoms with Crippen molar-refractivity contribution >= 4 is 23.1 Å². The van der Waals surface area contributed by atoms with Crippen molar-refractivity contribution in [1.29, 1.82) is 0 Å². The lowest BCUT2D eigenvalue weighted by Crippen LogP contribution is -2.42. The van der Waals surface area contributed by atoms with Crippen LogP contribution in [-0.4, -0.2) is 63.7 Å². The van der Waals surface area contributed by atoms with E-state index < -0.39 is 47.1 Å². The largest absolute Gasteiger partial charge is 0.496 e. The molecule has 1 aliphatic rings. The molecule has 2 amide bonds. The molecule has 0 unspecified atom stereocenters. The van der Waals surface area contributed by atoms with E-state index in [1.54, 1.807) is 0 Å². The molecule has 9 nitrogen and oxygen atoms in total. The van der Waals surface area contributed by atoms with Gasteiger partial charge in [0.15, 0.2) is 5.82 Å². The van der Waals surface area contributed by atoms with Crippen LogP contribution in [0.4, 0.5) is 27.8 Å². The number of fused-ring (bicyclic) bond motifs is 1. The molecule has 40 heavy (non-hydrogen) atoms. The molecular formula is C26H21F5N6O3. The maximum Gasteiger partial charge on any atom is 0.418 e. The molecule has 3 heterocycles. The van der Waals surface area contributed by atoms with Gasteiger partial charge in [0.2, 0.25) is 0 Å². The van der Waals surface area contributed by atoms with Crippen molar-refractivity contribution in [3.63, 3.8) is 0 Å². The van der Waals surface area contributed by atoms with Crippen molar-refractivity contribution in [2.45, 2.75) is 18.4 Å². The fraction of sp³-hybridized carbons (Fsp3) is 0.231. The molecule has 2 aromatic carbocycles. The summed E-state index contributed by atoms with van der Waals surface area (Å²) in [6.07, 6.45) is -5.42. The van der Waals surface area contributed by atoms with Gasteiger partial charge in [-0.2, -0.15) is 18.3 Å². The molecule has 0 aliphatic carbocycles. The minimum absolute atomic E-state index is 0.0287. The molecule has 5 rings (SSSR count). The van der Waals surface area contributed by atoms with Crippen LogP contribution in [0.5, 0.6) is 5.75 Å². The van der Waals surface area contributed by atoms with Gasteiger partial charge in [-0.15, -0.1) is 0 Å². The summed E-state index contributed by atoms with van der Waals surface area (Å²) >= 11 is 0. The van der Waals surface area contributed by atoms with Gasteiger partial charge in [0.25, 0.3) is 11.8 Å². The first kappa shape index (κ1) is 26.8. The van der Waals surface area contributed by atoms with Crippen LogP contribution in [0.1, 0.15) is 26.3 Å². The number of likely N-dealkylation sites (tertiary alicyclic amines) is 1. The van der Waals surface area contributed by atoms with Gasteiger partial charge >= 0.3 is 6.18 Å². The second-order valence-corrected chi connectivity index (χ2v) is 9.05. The second kappa shape index (κ2) is 10.1. The Hall–Kier alpha value is -4.75. The Morgan fingerprint density at radius 2 is 1.85 bits per heavy atom. The monoisotopic (exact) mass is 560 g/mol. The van der Waals surface area contributed by atoms with E-state index in [1.165, 1.54) is 43.5 Å². The van der Waals surface area contributed by atoms with Crippen LogP contribution >= 0.6 is 0 Å². The summed E-state index contributed by atoms with van der Waals surface area (Å²) in [5.41, 5.74) is 4.01. The molecule has 2 aromatic heterocycles. The number of carbonyl (C=O) groups excluding carboxylic acids is 2. The van der Waals surface area contributed by atoms with Gasteiger partial charge in [0, 0.05) is 12.1 Å². The lowest BCUT2D eigenvalue weighted by Gasteiger charge is -2.18. The molecule has 1 aliphatic heterocycles. The summed E-state index contributed by atoms with van der Waals surface area (Å²) in [7, 11) is 1.29. The standard InChI is InChI=1S/C26H21F5N6O3/c1-40-21-7-6-13(20-9-16(26(29,30)31)22-23(32)33-12-34-37(20)22)8-15(21)24(38)35-19-11-36(10-18(19)28)25(39)14-4-2-3-5-17(14)27/h2-9,12,18-19H,10-11H2,1H3,(H,35,38)(H2,32,33,34)/t18-,19+/m0/s1. The molecule has 0 bridgehead atoms. The fourth-order valence-corrected chi connectivity index (χ4v) is 4.65. The van der Waals surface area contributed by atoms with Crippen molar-refractivity contribution in [3.8, 4) is 17.0 Å². The van der Waals surface area contributed by atoms with Gasteiger partial charge in [-0.1, -0.05) is 12.1 Å². The number of nitrogens with two attached hydrogens (primary N) is 1. The first-order chi connectivity index (χ1) is 19.0. The Labute approximate surface area is 223 Å². The Bertz CT molecular complexity index is 1620. The number of anilines is 1. The van der Waals surface area contributed by atoms with Crippen molar-refractivity contribution in [2.24, 2.45) is 0 Å². The Kier molecular flexibility index (Phi) is 6.77. The van der Waals surface area contributed by atoms with Crippen molar-refractivity contribution in [2.75, 3.05) is 25.9 Å². The van der Waals surface area contributed by atoms with E-state index in [4.69, 9.17) is 10.5 Å². The molecule has 0 radical (unpaired) electrons. The number of benzene rings is 2. The summed E-state index contributed by atoms with van der Waals surface area (Å²) < 4.78 is 76.4. The molecule has 3 N–H and O–H groups in total. The van der Waals surface area contributed by atoms with E-state index in [0.717, 1.165) is 27.9 Å². The van der Waals surface area contributed by atoms with Crippen LogP contribution in [0.25, 0.3) is 16.8 Å². The number of rotatable bonds is 5. The van der Waals surface area contributed by atoms with Gasteiger partial charge in [-0.25, -0.2) is 18.3 Å². The Balaban J connectivity index is 1.44. The molecule has 4 aromatic rings. The third-order valence-electron chi connectivity index (χ3n) is 6.58. The number of halogens is 5. The van der Waals surface area contributed by atoms with E-state index in [0.29, 0.717) is 0 Å². The van der Waals surface area contributed by atoms with Gasteiger partial charge in [-0.05, 0) is 36.4 Å². The molecule has 1 fully saturated rings. The third kappa shape index (κ3) is 4.76. The van der Waals surface area contributed by atoms with E-state index in [9.17, 15) is 31.5 Å². The van der Waals surface area contributed by atoms with Crippen LogP contribution < -0.4 is 15.8 Å². The second-order valence-electron chi connectivity index (χ2n) is 9.05. The fourth-order valence-electron chi connectivity index (χ4n) is 4.65. The van der Waals surface area contributed by atoms with Crippen LogP contribution in [-0.2, 0) is 6.18 Å². The Morgan fingerprint density at radius 1 is 1.10 bits per heavy atom. The highest BCUT2D eigenvalue weighted by Gasteiger charge is 2.39. The third-order valence-corrected chi connectivity index (χ3v) is 6.58. The number of nitrogens with one attached hydrogen (secondary N) is 1. The number of aromatic nitrogens is 3. The van der Waals surface area contributed by atoms with Crippen molar-refractivity contribution in [1.82, 2.24) is 24.8 Å². The SMILES string of the molecule is COc1ccc(-c2cc(C(F)(F)F)c3c(N)ncnn23)cc1C(=O)N[C@@H]1CN(C(=O)c2ccccc2F)C[C@@H]1F. The number of hydrogen-bond acceptors (Lipinski definition) is 6. The van der Waals surface area contributed by atoms with E-state index in [1.807, 2.05) is 0 Å². The topological polar surface area (TPSA) is 115 Å². The zero-order chi connectivity index (χ0) is 28.8. The first-order valence-corrected chi connectivity index (χ1v) is 11.9. The highest BCUT2D eigenvalue weighted by Crippen LogP contribution is 2.39. The summed E-state index contributed by atoms with van der Waals surface area (Å²) in [5.74, 6) is -2.59. The number of methoxy groups -OCH3 is 1. The van der Waals surface area contributed by atoms with Gasteiger partial charge in [0.1, 0.15) is 29.6 Å². The van der Waals surface area contributed by atoms with Crippen LogP contribution in [0.15, 0.2) is 54.9 Å². The van der Waals surface area contributed by atoms with Crippen molar-refractivity contribution < 1.29 is 36.3 Å². The number of amides is 2. The number of alkyl halides is 4. The number of nitrogens with zero attached hydrogens (tertiary/aromatic N) is 4. The zero-order valence-electron chi connectivity index (χ0n) is 20.7. The van der Waals surface area contributed by atoms with Gasteiger partial charge in [-0.3, -0.25) is 9.59 Å². The lowest BCUT2D eigenvalue weighted by molar-refractivity contribution is -0.136. The predicted molar refractivity (Wildman–Crippen MR) is 133 cm³/mol. The highest BCUT2D eigenvalue weighted by atomic mass is 19.4. The van der Waals surface area contributed by atoms with E-state index >= 15 is 0 Å². The van der Waals surface area contributed by atoms with Crippen LogP contribution in [0.3, 0.4) is 0 Å². The summed E-state index contributed by atoms with van der Waals surface area (Å²) in [6.45, 7) is -0.594. The molecule has 1 saturated heterocycles. The Morgan fingerprint density at radius 3 is 2.55 bits per heavy atom. The maximum absolute atomic E-state index is 14.9. The van der Waals surface area contributed by atoms with E-state index in [2.05, 4.69) is 15.4 Å². The van der Waals surface area contributed by atoms with Crippen LogP contribution in [0, 0.1) is 5.82 Å². The first-order valence-electron chi connectivity index (χ1n) is 11.9. The molecule has 2 atom stereocenters. The number of hydrogen-bond donors (Lipinski definition) is 2. The molecular weight excluding hydrogens is 539 g/mol. The average Bonchev–Trinajstić information content (AvgIpc) is 3.50. The molecule has 208 valence electrons. The smallest absolute Gasteiger partial charge is 0.418 e. The van der Waals surface area contributed by atoms with Crippen molar-refractivity contribution in [3.05, 3.63) is 77.4 Å². The quantitative estimate of drug-likeness (QED) is 0.360. The maximum atomic E-state index is 14.9. The normalized spacial score (nSPS) is 17.3. The summed E-state index contributed by atoms with van der Waals surface area (Å²) in [4.78, 5) is 30.7. The minimum atomic E-state index is -4.76.